The molecule has 0 aromatic heterocycles. The summed E-state index contributed by atoms with van der Waals surface area (Å²) in [7, 11) is 1.75. The van der Waals surface area contributed by atoms with E-state index in [0.29, 0.717) is 0 Å². The third-order valence-corrected chi connectivity index (χ3v) is 5.74. The van der Waals surface area contributed by atoms with Crippen molar-refractivity contribution in [2.24, 2.45) is 0 Å². The fourth-order valence-corrected chi connectivity index (χ4v) is 4.23. The second kappa shape index (κ2) is 9.73. The van der Waals surface area contributed by atoms with E-state index >= 15 is 0 Å². The van der Waals surface area contributed by atoms with Crippen molar-refractivity contribution in [2.45, 2.75) is 25.0 Å². The summed E-state index contributed by atoms with van der Waals surface area (Å²) in [5.41, 5.74) is 3.91. The molecule has 3 heteroatoms. The molecule has 4 rings (SSSR count). The van der Waals surface area contributed by atoms with Gasteiger partial charge in [0.25, 0.3) is 0 Å². The predicted molar refractivity (Wildman–Crippen MR) is 117 cm³/mol. The molecule has 0 bridgehead atoms. The molecule has 0 spiro atoms. The molecule has 29 heavy (non-hydrogen) atoms. The summed E-state index contributed by atoms with van der Waals surface area (Å²) < 4.78 is 11.9. The van der Waals surface area contributed by atoms with Crippen LogP contribution in [0.25, 0.3) is 0 Å². The molecule has 3 nitrogen and oxygen atoms in total. The molecule has 1 unspecified atom stereocenters. The highest BCUT2D eigenvalue weighted by Crippen LogP contribution is 2.32. The summed E-state index contributed by atoms with van der Waals surface area (Å²) in [6, 6.07) is 29.8. The minimum atomic E-state index is 0.153. The lowest BCUT2D eigenvalue weighted by Crippen LogP contribution is -2.45. The first-order chi connectivity index (χ1) is 14.3. The van der Waals surface area contributed by atoms with Gasteiger partial charge in [-0.15, -0.1) is 0 Å². The summed E-state index contributed by atoms with van der Waals surface area (Å²) in [6.45, 7) is 3.65. The van der Waals surface area contributed by atoms with E-state index in [1.165, 1.54) is 16.7 Å². The van der Waals surface area contributed by atoms with E-state index in [1.807, 2.05) is 12.1 Å². The second-order valence-corrected chi connectivity index (χ2v) is 7.66. The van der Waals surface area contributed by atoms with Gasteiger partial charge in [-0.3, -0.25) is 4.90 Å². The van der Waals surface area contributed by atoms with Crippen molar-refractivity contribution < 1.29 is 9.47 Å². The van der Waals surface area contributed by atoms with Crippen molar-refractivity contribution in [1.29, 1.82) is 0 Å². The molecule has 0 radical (unpaired) electrons. The molecule has 1 heterocycles. The van der Waals surface area contributed by atoms with Crippen molar-refractivity contribution in [3.8, 4) is 5.75 Å². The van der Waals surface area contributed by atoms with Crippen LogP contribution in [0.3, 0.4) is 0 Å². The Morgan fingerprint density at radius 2 is 1.62 bits per heavy atom. The van der Waals surface area contributed by atoms with Gasteiger partial charge in [-0.05, 0) is 29.2 Å². The van der Waals surface area contributed by atoms with E-state index in [-0.39, 0.29) is 12.0 Å². The average molecular weight is 388 g/mol. The Balaban J connectivity index is 1.55. The lowest BCUT2D eigenvalue weighted by molar-refractivity contribution is -0.0445. The summed E-state index contributed by atoms with van der Waals surface area (Å²) in [5, 5.41) is 0. The van der Waals surface area contributed by atoms with Gasteiger partial charge in [0.2, 0.25) is 0 Å². The van der Waals surface area contributed by atoms with E-state index in [4.69, 9.17) is 9.47 Å². The second-order valence-electron chi connectivity index (χ2n) is 7.66. The Kier molecular flexibility index (Phi) is 6.60. The highest BCUT2D eigenvalue weighted by molar-refractivity contribution is 5.36. The number of ether oxygens (including phenoxy) is 2. The van der Waals surface area contributed by atoms with E-state index < -0.39 is 0 Å². The molecule has 3 aromatic rings. The molecular weight excluding hydrogens is 358 g/mol. The number of nitrogens with zero attached hydrogens (tertiary/aromatic N) is 1. The molecule has 150 valence electrons. The van der Waals surface area contributed by atoms with Gasteiger partial charge in [0.05, 0.1) is 19.8 Å². The molecule has 0 aliphatic carbocycles. The Bertz CT molecular complexity index is 881. The topological polar surface area (TPSA) is 21.7 Å². The summed E-state index contributed by atoms with van der Waals surface area (Å²) in [4.78, 5) is 2.52. The van der Waals surface area contributed by atoms with E-state index in [0.717, 1.165) is 38.4 Å². The Morgan fingerprint density at radius 3 is 2.38 bits per heavy atom. The first kappa shape index (κ1) is 19.7. The van der Waals surface area contributed by atoms with E-state index in [9.17, 15) is 0 Å². The van der Waals surface area contributed by atoms with E-state index in [2.05, 4.69) is 77.7 Å². The van der Waals surface area contributed by atoms with Crippen LogP contribution in [0.5, 0.6) is 5.75 Å². The predicted octanol–water partition coefficient (Wildman–Crippen LogP) is 4.92. The van der Waals surface area contributed by atoms with Gasteiger partial charge in [-0.25, -0.2) is 0 Å². The summed E-state index contributed by atoms with van der Waals surface area (Å²) >= 11 is 0. The smallest absolute Gasteiger partial charge is 0.122 e. The molecule has 0 N–H and O–H groups in total. The quantitative estimate of drug-likeness (QED) is 0.574. The molecule has 3 aromatic carbocycles. The van der Waals surface area contributed by atoms with Gasteiger partial charge >= 0.3 is 0 Å². The van der Waals surface area contributed by atoms with Crippen LogP contribution in [0.1, 0.15) is 22.6 Å². The van der Waals surface area contributed by atoms with Crippen LogP contribution in [0.15, 0.2) is 84.9 Å². The number of methoxy groups -OCH3 is 1. The van der Waals surface area contributed by atoms with Crippen molar-refractivity contribution in [3.63, 3.8) is 0 Å². The zero-order valence-electron chi connectivity index (χ0n) is 17.0. The largest absolute Gasteiger partial charge is 0.496 e. The lowest BCUT2D eigenvalue weighted by atomic mass is 9.86. The Hall–Kier alpha value is -2.62. The third kappa shape index (κ3) is 5.06. The standard InChI is InChI=1S/C26H29NO2/c1-28-25-15-9-8-14-23(25)18-24(22-12-6-3-7-13-22)26-20-27(16-17-29-26)19-21-10-4-2-5-11-21/h2-15,24,26H,16-20H2,1H3/t24?,26-/m0/s1. The lowest BCUT2D eigenvalue weighted by Gasteiger charge is -2.37. The zero-order valence-corrected chi connectivity index (χ0v) is 17.0. The first-order valence-electron chi connectivity index (χ1n) is 10.4. The number of para-hydroxylation sites is 1. The molecule has 1 fully saturated rings. The van der Waals surface area contributed by atoms with Gasteiger partial charge in [-0.2, -0.15) is 0 Å². The van der Waals surface area contributed by atoms with Crippen LogP contribution in [0.4, 0.5) is 0 Å². The fraction of sp³-hybridized carbons (Fsp3) is 0.308. The highest BCUT2D eigenvalue weighted by atomic mass is 16.5. The van der Waals surface area contributed by atoms with Crippen LogP contribution in [-0.4, -0.2) is 37.8 Å². The van der Waals surface area contributed by atoms with Crippen LogP contribution < -0.4 is 4.74 Å². The summed E-state index contributed by atoms with van der Waals surface area (Å²) in [6.07, 6.45) is 1.05. The van der Waals surface area contributed by atoms with Crippen LogP contribution >= 0.6 is 0 Å². The Labute approximate surface area is 173 Å². The monoisotopic (exact) mass is 387 g/mol. The SMILES string of the molecule is COc1ccccc1CC(c1ccccc1)[C@@H]1CN(Cc2ccccc2)CCO1. The number of hydrogen-bond acceptors (Lipinski definition) is 3. The normalized spacial score (nSPS) is 18.3. The molecular formula is C26H29NO2. The van der Waals surface area contributed by atoms with Gasteiger partial charge in [-0.1, -0.05) is 78.9 Å². The fourth-order valence-electron chi connectivity index (χ4n) is 4.23. The maximum absolute atomic E-state index is 6.33. The highest BCUT2D eigenvalue weighted by Gasteiger charge is 2.30. The number of benzene rings is 3. The van der Waals surface area contributed by atoms with Gasteiger partial charge in [0.15, 0.2) is 0 Å². The molecule has 0 amide bonds. The van der Waals surface area contributed by atoms with Crippen LogP contribution in [0.2, 0.25) is 0 Å². The minimum absolute atomic E-state index is 0.153. The van der Waals surface area contributed by atoms with Crippen molar-refractivity contribution in [3.05, 3.63) is 102 Å². The first-order valence-corrected chi connectivity index (χ1v) is 10.4. The van der Waals surface area contributed by atoms with Crippen molar-refractivity contribution >= 4 is 0 Å². The van der Waals surface area contributed by atoms with Crippen molar-refractivity contribution in [1.82, 2.24) is 4.90 Å². The van der Waals surface area contributed by atoms with Crippen LogP contribution in [0, 0.1) is 0 Å². The zero-order chi connectivity index (χ0) is 19.9. The molecule has 1 saturated heterocycles. The molecule has 2 atom stereocenters. The van der Waals surface area contributed by atoms with Gasteiger partial charge < -0.3 is 9.47 Å². The van der Waals surface area contributed by atoms with E-state index in [1.54, 1.807) is 7.11 Å². The molecule has 1 aliphatic heterocycles. The average Bonchev–Trinajstić information content (AvgIpc) is 2.79. The number of morpholine rings is 1. The number of hydrogen-bond donors (Lipinski definition) is 0. The third-order valence-electron chi connectivity index (χ3n) is 5.74. The molecule has 0 saturated carbocycles. The van der Waals surface area contributed by atoms with Gasteiger partial charge in [0, 0.05) is 25.6 Å². The maximum Gasteiger partial charge on any atom is 0.122 e. The van der Waals surface area contributed by atoms with Crippen molar-refractivity contribution in [2.75, 3.05) is 26.8 Å². The van der Waals surface area contributed by atoms with Crippen LogP contribution in [-0.2, 0) is 17.7 Å². The number of rotatable bonds is 7. The molecule has 1 aliphatic rings. The minimum Gasteiger partial charge on any atom is -0.496 e. The Morgan fingerprint density at radius 1 is 0.931 bits per heavy atom. The van der Waals surface area contributed by atoms with Gasteiger partial charge in [0.1, 0.15) is 5.75 Å². The summed E-state index contributed by atoms with van der Waals surface area (Å²) in [5.74, 6) is 1.23. The maximum atomic E-state index is 6.33.